The monoisotopic (exact) mass is 243 g/mol. The summed E-state index contributed by atoms with van der Waals surface area (Å²) in [7, 11) is 1.30. The minimum atomic E-state index is -0.622. The van der Waals surface area contributed by atoms with E-state index in [2.05, 4.69) is 4.74 Å². The van der Waals surface area contributed by atoms with E-state index >= 15 is 0 Å². The highest BCUT2D eigenvalue weighted by atomic mass is 32.2. The standard InChI is InChI=1S/C11H14FNO2S/c1-15-11(14)10(13)7-16-6-8-3-2-4-9(12)5-8/h2-5,10H,6-7,13H2,1H3. The average Bonchev–Trinajstić information content (AvgIpc) is 2.28. The maximum atomic E-state index is 12.8. The van der Waals surface area contributed by atoms with E-state index in [0.29, 0.717) is 11.5 Å². The summed E-state index contributed by atoms with van der Waals surface area (Å²) in [6.07, 6.45) is 0. The van der Waals surface area contributed by atoms with Gasteiger partial charge in [-0.1, -0.05) is 12.1 Å². The average molecular weight is 243 g/mol. The maximum absolute atomic E-state index is 12.8. The first-order chi connectivity index (χ1) is 7.63. The molecule has 0 spiro atoms. The minimum absolute atomic E-state index is 0.254. The minimum Gasteiger partial charge on any atom is -0.468 e. The van der Waals surface area contributed by atoms with Crippen molar-refractivity contribution in [1.29, 1.82) is 0 Å². The largest absolute Gasteiger partial charge is 0.468 e. The van der Waals surface area contributed by atoms with E-state index < -0.39 is 12.0 Å². The molecule has 3 nitrogen and oxygen atoms in total. The highest BCUT2D eigenvalue weighted by molar-refractivity contribution is 7.98. The molecule has 0 saturated heterocycles. The number of carbonyl (C=O) groups excluding carboxylic acids is 1. The predicted molar refractivity (Wildman–Crippen MR) is 62.6 cm³/mol. The van der Waals surface area contributed by atoms with E-state index in [4.69, 9.17) is 5.73 Å². The third-order valence-electron chi connectivity index (χ3n) is 1.96. The highest BCUT2D eigenvalue weighted by Crippen LogP contribution is 2.13. The second-order valence-electron chi connectivity index (χ2n) is 3.27. The Morgan fingerprint density at radius 1 is 1.62 bits per heavy atom. The van der Waals surface area contributed by atoms with Crippen molar-refractivity contribution in [2.45, 2.75) is 11.8 Å². The number of hydrogen-bond donors (Lipinski definition) is 1. The van der Waals surface area contributed by atoms with Gasteiger partial charge in [-0.3, -0.25) is 4.79 Å². The molecule has 1 rings (SSSR count). The van der Waals surface area contributed by atoms with Crippen molar-refractivity contribution in [1.82, 2.24) is 0 Å². The lowest BCUT2D eigenvalue weighted by Crippen LogP contribution is -2.33. The summed E-state index contributed by atoms with van der Waals surface area (Å²) in [6.45, 7) is 0. The van der Waals surface area contributed by atoms with Gasteiger partial charge in [0.25, 0.3) is 0 Å². The first kappa shape index (κ1) is 13.0. The Balaban J connectivity index is 2.33. The molecule has 1 atom stereocenters. The number of thioether (sulfide) groups is 1. The van der Waals surface area contributed by atoms with Gasteiger partial charge in [0.2, 0.25) is 0 Å². The Bertz CT molecular complexity index is 360. The lowest BCUT2D eigenvalue weighted by atomic mass is 10.2. The summed E-state index contributed by atoms with van der Waals surface area (Å²) >= 11 is 1.47. The summed E-state index contributed by atoms with van der Waals surface area (Å²) < 4.78 is 17.3. The number of benzene rings is 1. The fourth-order valence-corrected chi connectivity index (χ4v) is 2.07. The van der Waals surface area contributed by atoms with Gasteiger partial charge in [0.1, 0.15) is 11.9 Å². The second-order valence-corrected chi connectivity index (χ2v) is 4.30. The van der Waals surface area contributed by atoms with Crippen LogP contribution in [-0.2, 0) is 15.3 Å². The molecule has 0 bridgehead atoms. The Hall–Kier alpha value is -1.07. The highest BCUT2D eigenvalue weighted by Gasteiger charge is 2.13. The number of carbonyl (C=O) groups is 1. The van der Waals surface area contributed by atoms with Crippen LogP contribution in [0.2, 0.25) is 0 Å². The molecule has 0 aliphatic heterocycles. The molecule has 0 fully saturated rings. The Kier molecular flexibility index (Phi) is 5.28. The number of esters is 1. The van der Waals surface area contributed by atoms with Crippen LogP contribution in [0.4, 0.5) is 4.39 Å². The van der Waals surface area contributed by atoms with Crippen LogP contribution >= 0.6 is 11.8 Å². The van der Waals surface area contributed by atoms with Gasteiger partial charge in [-0.05, 0) is 17.7 Å². The molecular weight excluding hydrogens is 229 g/mol. The summed E-state index contributed by atoms with van der Waals surface area (Å²) in [6, 6.07) is 5.74. The number of methoxy groups -OCH3 is 1. The smallest absolute Gasteiger partial charge is 0.323 e. The molecule has 1 aromatic carbocycles. The third-order valence-corrected chi connectivity index (χ3v) is 3.09. The topological polar surface area (TPSA) is 52.3 Å². The van der Waals surface area contributed by atoms with E-state index in [1.807, 2.05) is 6.07 Å². The van der Waals surface area contributed by atoms with E-state index in [1.165, 1.54) is 31.0 Å². The normalized spacial score (nSPS) is 12.2. The Labute approximate surface area is 98.2 Å². The van der Waals surface area contributed by atoms with Crippen LogP contribution in [0.15, 0.2) is 24.3 Å². The van der Waals surface area contributed by atoms with Gasteiger partial charge < -0.3 is 10.5 Å². The van der Waals surface area contributed by atoms with Crippen LogP contribution in [-0.4, -0.2) is 24.9 Å². The van der Waals surface area contributed by atoms with E-state index in [9.17, 15) is 9.18 Å². The van der Waals surface area contributed by atoms with E-state index in [-0.39, 0.29) is 5.82 Å². The molecule has 88 valence electrons. The summed E-state index contributed by atoms with van der Waals surface area (Å²) in [5.41, 5.74) is 6.43. The molecule has 0 saturated carbocycles. The number of rotatable bonds is 5. The van der Waals surface area contributed by atoms with Gasteiger partial charge in [-0.25, -0.2) is 4.39 Å². The van der Waals surface area contributed by atoms with Crippen molar-refractivity contribution in [2.24, 2.45) is 5.73 Å². The zero-order chi connectivity index (χ0) is 12.0. The predicted octanol–water partition coefficient (Wildman–Crippen LogP) is 1.56. The molecule has 0 radical (unpaired) electrons. The molecule has 0 heterocycles. The first-order valence-electron chi connectivity index (χ1n) is 4.79. The van der Waals surface area contributed by atoms with Crippen LogP contribution in [0.5, 0.6) is 0 Å². The molecule has 0 aliphatic rings. The number of nitrogens with two attached hydrogens (primary N) is 1. The molecule has 0 aliphatic carbocycles. The van der Waals surface area contributed by atoms with Crippen molar-refractivity contribution in [3.8, 4) is 0 Å². The van der Waals surface area contributed by atoms with Gasteiger partial charge >= 0.3 is 5.97 Å². The fourth-order valence-electron chi connectivity index (χ4n) is 1.15. The van der Waals surface area contributed by atoms with Gasteiger partial charge in [0.15, 0.2) is 0 Å². The van der Waals surface area contributed by atoms with Gasteiger partial charge in [-0.15, -0.1) is 0 Å². The zero-order valence-electron chi connectivity index (χ0n) is 8.98. The van der Waals surface area contributed by atoms with Gasteiger partial charge in [0.05, 0.1) is 7.11 Å². The molecule has 1 unspecified atom stereocenters. The molecule has 2 N–H and O–H groups in total. The van der Waals surface area contributed by atoms with E-state index in [1.54, 1.807) is 6.07 Å². The molecule has 0 aromatic heterocycles. The molecule has 1 aromatic rings. The fraction of sp³-hybridized carbons (Fsp3) is 0.364. The SMILES string of the molecule is COC(=O)C(N)CSCc1cccc(F)c1. The molecule has 5 heteroatoms. The quantitative estimate of drug-likeness (QED) is 0.797. The lowest BCUT2D eigenvalue weighted by molar-refractivity contribution is -0.141. The van der Waals surface area contributed by atoms with Crippen LogP contribution in [0.1, 0.15) is 5.56 Å². The molecular formula is C11H14FNO2S. The van der Waals surface area contributed by atoms with E-state index in [0.717, 1.165) is 5.56 Å². The van der Waals surface area contributed by atoms with Crippen LogP contribution < -0.4 is 5.73 Å². The summed E-state index contributed by atoms with van der Waals surface area (Å²) in [5, 5.41) is 0. The summed E-state index contributed by atoms with van der Waals surface area (Å²) in [4.78, 5) is 11.0. The van der Waals surface area contributed by atoms with Crippen LogP contribution in [0, 0.1) is 5.82 Å². The zero-order valence-corrected chi connectivity index (χ0v) is 9.80. The summed E-state index contributed by atoms with van der Waals surface area (Å²) in [5.74, 6) is 0.410. The molecule has 16 heavy (non-hydrogen) atoms. The third kappa shape index (κ3) is 4.20. The number of ether oxygens (including phenoxy) is 1. The van der Waals surface area contributed by atoms with Crippen molar-refractivity contribution >= 4 is 17.7 Å². The van der Waals surface area contributed by atoms with Crippen molar-refractivity contribution < 1.29 is 13.9 Å². The first-order valence-corrected chi connectivity index (χ1v) is 5.94. The van der Waals surface area contributed by atoms with Gasteiger partial charge in [-0.2, -0.15) is 11.8 Å². The van der Waals surface area contributed by atoms with Crippen LogP contribution in [0.3, 0.4) is 0 Å². The number of halogens is 1. The van der Waals surface area contributed by atoms with Crippen LogP contribution in [0.25, 0.3) is 0 Å². The maximum Gasteiger partial charge on any atom is 0.323 e. The van der Waals surface area contributed by atoms with Gasteiger partial charge in [0, 0.05) is 11.5 Å². The Morgan fingerprint density at radius 2 is 2.38 bits per heavy atom. The van der Waals surface area contributed by atoms with Crippen molar-refractivity contribution in [2.75, 3.05) is 12.9 Å². The Morgan fingerprint density at radius 3 is 3.00 bits per heavy atom. The van der Waals surface area contributed by atoms with Crippen molar-refractivity contribution in [3.05, 3.63) is 35.6 Å². The molecule has 0 amide bonds. The number of hydrogen-bond acceptors (Lipinski definition) is 4. The van der Waals surface area contributed by atoms with Crippen molar-refractivity contribution in [3.63, 3.8) is 0 Å². The second kappa shape index (κ2) is 6.50. The lowest BCUT2D eigenvalue weighted by Gasteiger charge is -2.08.